The van der Waals surface area contributed by atoms with Crippen LogP contribution in [0.1, 0.15) is 40.5 Å². The summed E-state index contributed by atoms with van der Waals surface area (Å²) in [4.78, 5) is 12.1. The Kier molecular flexibility index (Phi) is 6.76. The molecule has 2 aromatic rings. The topological polar surface area (TPSA) is 53.4 Å². The van der Waals surface area contributed by atoms with Crippen LogP contribution in [0.25, 0.3) is 10.9 Å². The minimum absolute atomic E-state index is 0.118. The third-order valence-corrected chi connectivity index (χ3v) is 10.1. The van der Waals surface area contributed by atoms with Gasteiger partial charge in [0.1, 0.15) is 16.0 Å². The number of unbranched alkanes of at least 4 members (excludes halogenated alkanes) is 1. The lowest BCUT2D eigenvalue weighted by Crippen LogP contribution is -2.43. The molecule has 144 valence electrons. The van der Waals surface area contributed by atoms with E-state index in [2.05, 4.69) is 68.5 Å². The lowest BCUT2D eigenvalue weighted by Gasteiger charge is -2.36. The second-order valence-corrected chi connectivity index (χ2v) is 13.8. The molecule has 0 amide bonds. The van der Waals surface area contributed by atoms with Gasteiger partial charge in [-0.1, -0.05) is 34.1 Å². The second kappa shape index (κ2) is 8.29. The molecular weight excluding hydrogens is 459 g/mol. The molecule has 0 bridgehead atoms. The summed E-state index contributed by atoms with van der Waals surface area (Å²) in [5.74, 6) is 0.580. The summed E-state index contributed by atoms with van der Waals surface area (Å²) >= 11 is 2.20. The number of carbonyl (C=O) groups excluding carboxylic acids is 1. The summed E-state index contributed by atoms with van der Waals surface area (Å²) in [6.45, 7) is 13.8. The summed E-state index contributed by atoms with van der Waals surface area (Å²) in [5.41, 5.74) is 0.901. The number of ether oxygens (including phenoxy) is 1. The molecule has 0 aliphatic heterocycles. The van der Waals surface area contributed by atoms with Crippen LogP contribution in [-0.2, 0) is 16.1 Å². The molecule has 0 fully saturated rings. The highest BCUT2D eigenvalue weighted by Gasteiger charge is 2.39. The molecule has 1 heterocycles. The quantitative estimate of drug-likeness (QED) is 0.228. The first kappa shape index (κ1) is 21.2. The Labute approximate surface area is 170 Å². The van der Waals surface area contributed by atoms with Gasteiger partial charge in [0, 0.05) is 11.5 Å². The minimum Gasteiger partial charge on any atom is -0.543 e. The van der Waals surface area contributed by atoms with E-state index in [1.54, 1.807) is 4.68 Å². The number of aromatic nitrogens is 2. The molecule has 0 N–H and O–H groups in total. The van der Waals surface area contributed by atoms with Crippen molar-refractivity contribution in [2.45, 2.75) is 65.2 Å². The standard InChI is InChI=1S/C19H29IN2O3Si/c1-7-8-11-24-17(23)13-22-16-12-14(9-10-15(16)18(20)21-22)25-26(5,6)19(2,3)4/h9-10,12H,7-8,11,13H2,1-6H3. The number of halogens is 1. The molecule has 1 aromatic carbocycles. The minimum atomic E-state index is -1.92. The zero-order valence-corrected chi connectivity index (χ0v) is 19.7. The van der Waals surface area contributed by atoms with E-state index in [0.717, 1.165) is 33.2 Å². The number of esters is 1. The monoisotopic (exact) mass is 488 g/mol. The third kappa shape index (κ3) is 5.00. The van der Waals surface area contributed by atoms with Crippen molar-refractivity contribution >= 4 is 47.8 Å². The predicted octanol–water partition coefficient (Wildman–Crippen LogP) is 5.37. The maximum atomic E-state index is 12.1. The molecular formula is C19H29IN2O3Si. The molecule has 1 aromatic heterocycles. The zero-order chi connectivity index (χ0) is 19.5. The maximum Gasteiger partial charge on any atom is 0.327 e. The van der Waals surface area contributed by atoms with Crippen LogP contribution in [-0.4, -0.2) is 30.7 Å². The first-order valence-electron chi connectivity index (χ1n) is 9.06. The van der Waals surface area contributed by atoms with Crippen molar-refractivity contribution in [2.24, 2.45) is 0 Å². The van der Waals surface area contributed by atoms with E-state index in [-0.39, 0.29) is 17.6 Å². The Morgan fingerprint density at radius 1 is 1.31 bits per heavy atom. The smallest absolute Gasteiger partial charge is 0.327 e. The summed E-state index contributed by atoms with van der Waals surface area (Å²) in [6.07, 6.45) is 1.89. The van der Waals surface area contributed by atoms with Crippen molar-refractivity contribution in [2.75, 3.05) is 6.61 Å². The van der Waals surface area contributed by atoms with Gasteiger partial charge in [-0.05, 0) is 59.3 Å². The van der Waals surface area contributed by atoms with Gasteiger partial charge in [-0.25, -0.2) is 0 Å². The number of rotatable bonds is 7. The van der Waals surface area contributed by atoms with E-state index in [4.69, 9.17) is 9.16 Å². The highest BCUT2D eigenvalue weighted by molar-refractivity contribution is 14.1. The summed E-state index contributed by atoms with van der Waals surface area (Å²) in [5, 5.41) is 5.65. The van der Waals surface area contributed by atoms with E-state index in [1.165, 1.54) is 0 Å². The van der Waals surface area contributed by atoms with E-state index in [1.807, 2.05) is 18.2 Å². The molecule has 26 heavy (non-hydrogen) atoms. The van der Waals surface area contributed by atoms with Gasteiger partial charge in [0.15, 0.2) is 0 Å². The van der Waals surface area contributed by atoms with Crippen LogP contribution in [0.2, 0.25) is 18.1 Å². The van der Waals surface area contributed by atoms with Gasteiger partial charge in [-0.2, -0.15) is 5.10 Å². The van der Waals surface area contributed by atoms with Crippen LogP contribution >= 0.6 is 22.6 Å². The van der Waals surface area contributed by atoms with E-state index < -0.39 is 8.32 Å². The Morgan fingerprint density at radius 3 is 2.62 bits per heavy atom. The number of fused-ring (bicyclic) bond motifs is 1. The molecule has 0 radical (unpaired) electrons. The van der Waals surface area contributed by atoms with Crippen LogP contribution < -0.4 is 4.43 Å². The van der Waals surface area contributed by atoms with Gasteiger partial charge in [0.2, 0.25) is 8.32 Å². The number of carbonyl (C=O) groups is 1. The van der Waals surface area contributed by atoms with Crippen LogP contribution in [0.5, 0.6) is 5.75 Å². The molecule has 2 rings (SSSR count). The van der Waals surface area contributed by atoms with E-state index in [0.29, 0.717) is 6.61 Å². The van der Waals surface area contributed by atoms with Crippen LogP contribution in [0.15, 0.2) is 18.2 Å². The van der Waals surface area contributed by atoms with Crippen molar-refractivity contribution in [3.63, 3.8) is 0 Å². The first-order chi connectivity index (χ1) is 12.0. The van der Waals surface area contributed by atoms with Gasteiger partial charge in [0.05, 0.1) is 12.1 Å². The van der Waals surface area contributed by atoms with Crippen molar-refractivity contribution in [1.29, 1.82) is 0 Å². The first-order valence-corrected chi connectivity index (χ1v) is 13.0. The number of benzene rings is 1. The van der Waals surface area contributed by atoms with Gasteiger partial charge in [0.25, 0.3) is 0 Å². The number of hydrogen-bond donors (Lipinski definition) is 0. The fourth-order valence-corrected chi connectivity index (χ4v) is 3.98. The molecule has 0 saturated heterocycles. The van der Waals surface area contributed by atoms with Gasteiger partial charge in [-0.3, -0.25) is 9.48 Å². The summed E-state index contributed by atoms with van der Waals surface area (Å²) in [6, 6.07) is 6.01. The van der Waals surface area contributed by atoms with Crippen molar-refractivity contribution in [1.82, 2.24) is 9.78 Å². The molecule has 0 aliphatic rings. The van der Waals surface area contributed by atoms with Gasteiger partial charge >= 0.3 is 5.97 Å². The molecule has 0 spiro atoms. The van der Waals surface area contributed by atoms with Gasteiger partial charge < -0.3 is 9.16 Å². The van der Waals surface area contributed by atoms with Crippen molar-refractivity contribution in [3.05, 3.63) is 21.9 Å². The highest BCUT2D eigenvalue weighted by Crippen LogP contribution is 2.38. The SMILES string of the molecule is CCCCOC(=O)Cn1nc(I)c2ccc(O[Si](C)(C)C(C)(C)C)cc21. The van der Waals surface area contributed by atoms with Gasteiger partial charge in [-0.15, -0.1) is 0 Å². The zero-order valence-electron chi connectivity index (χ0n) is 16.6. The lowest BCUT2D eigenvalue weighted by molar-refractivity contribution is -0.144. The van der Waals surface area contributed by atoms with Crippen LogP contribution in [0.3, 0.4) is 0 Å². The lowest BCUT2D eigenvalue weighted by atomic mass is 10.2. The average Bonchev–Trinajstić information content (AvgIpc) is 2.82. The Bertz CT molecular complexity index is 781. The van der Waals surface area contributed by atoms with Crippen LogP contribution in [0.4, 0.5) is 0 Å². The second-order valence-electron chi connectivity index (χ2n) is 8.06. The average molecular weight is 488 g/mol. The molecule has 7 heteroatoms. The predicted molar refractivity (Wildman–Crippen MR) is 116 cm³/mol. The number of nitrogens with zero attached hydrogens (tertiary/aromatic N) is 2. The molecule has 0 aliphatic carbocycles. The van der Waals surface area contributed by atoms with E-state index in [9.17, 15) is 4.79 Å². The molecule has 0 unspecified atom stereocenters. The summed E-state index contributed by atoms with van der Waals surface area (Å²) in [7, 11) is -1.92. The Balaban J connectivity index is 2.26. The fourth-order valence-electron chi connectivity index (χ4n) is 2.24. The van der Waals surface area contributed by atoms with E-state index >= 15 is 0 Å². The van der Waals surface area contributed by atoms with Crippen molar-refractivity contribution in [3.8, 4) is 5.75 Å². The highest BCUT2D eigenvalue weighted by atomic mass is 127. The third-order valence-electron chi connectivity index (χ3n) is 4.90. The number of hydrogen-bond acceptors (Lipinski definition) is 4. The maximum absolute atomic E-state index is 12.1. The van der Waals surface area contributed by atoms with Crippen molar-refractivity contribution < 1.29 is 14.0 Å². The normalized spacial score (nSPS) is 12.4. The summed E-state index contributed by atoms with van der Waals surface area (Å²) < 4.78 is 14.3. The molecule has 0 saturated carbocycles. The molecule has 5 nitrogen and oxygen atoms in total. The van der Waals surface area contributed by atoms with Crippen LogP contribution in [0, 0.1) is 3.70 Å². The fraction of sp³-hybridized carbons (Fsp3) is 0.579. The Hall–Kier alpha value is -1.09. The Morgan fingerprint density at radius 2 is 2.00 bits per heavy atom. The molecule has 0 atom stereocenters. The largest absolute Gasteiger partial charge is 0.543 e.